The van der Waals surface area contributed by atoms with Gasteiger partial charge in [-0.25, -0.2) is 8.42 Å². The second-order valence-electron chi connectivity index (χ2n) is 7.06. The molecular formula is C21H25ClN4O2S. The fourth-order valence-corrected chi connectivity index (χ4v) is 4.82. The van der Waals surface area contributed by atoms with Crippen molar-refractivity contribution in [2.75, 3.05) is 10.8 Å². The van der Waals surface area contributed by atoms with Gasteiger partial charge in [0.2, 0.25) is 0 Å². The summed E-state index contributed by atoms with van der Waals surface area (Å²) in [6.07, 6.45) is 3.24. The molecule has 0 spiro atoms. The van der Waals surface area contributed by atoms with Gasteiger partial charge in [-0.15, -0.1) is 10.2 Å². The summed E-state index contributed by atoms with van der Waals surface area (Å²) >= 11 is 6.28. The third-order valence-corrected chi connectivity index (χ3v) is 6.71. The minimum atomic E-state index is -3.75. The van der Waals surface area contributed by atoms with Crippen molar-refractivity contribution in [3.05, 3.63) is 59.9 Å². The second-order valence-corrected chi connectivity index (χ2v) is 9.36. The topological polar surface area (TPSA) is 68.1 Å². The quantitative estimate of drug-likeness (QED) is 0.492. The Morgan fingerprint density at radius 3 is 2.52 bits per heavy atom. The van der Waals surface area contributed by atoms with Crippen molar-refractivity contribution in [2.45, 2.75) is 44.6 Å². The van der Waals surface area contributed by atoms with Gasteiger partial charge in [0.25, 0.3) is 10.0 Å². The van der Waals surface area contributed by atoms with Crippen LogP contribution in [-0.4, -0.2) is 29.7 Å². The highest BCUT2D eigenvalue weighted by Gasteiger charge is 2.28. The Morgan fingerprint density at radius 2 is 1.86 bits per heavy atom. The van der Waals surface area contributed by atoms with E-state index in [2.05, 4.69) is 10.2 Å². The van der Waals surface area contributed by atoms with E-state index in [1.54, 1.807) is 54.9 Å². The molecule has 29 heavy (non-hydrogen) atoms. The van der Waals surface area contributed by atoms with Gasteiger partial charge < -0.3 is 4.57 Å². The van der Waals surface area contributed by atoms with Gasteiger partial charge in [-0.1, -0.05) is 43.1 Å². The van der Waals surface area contributed by atoms with Crippen LogP contribution in [0.5, 0.6) is 0 Å². The molecule has 3 rings (SSSR count). The maximum atomic E-state index is 13.5. The highest BCUT2D eigenvalue weighted by molar-refractivity contribution is 7.92. The van der Waals surface area contributed by atoms with Crippen LogP contribution < -0.4 is 4.31 Å². The highest BCUT2D eigenvalue weighted by Crippen LogP contribution is 2.36. The Labute approximate surface area is 177 Å². The van der Waals surface area contributed by atoms with Crippen LogP contribution in [0.4, 0.5) is 5.69 Å². The molecule has 0 saturated heterocycles. The van der Waals surface area contributed by atoms with Crippen LogP contribution in [0.3, 0.4) is 0 Å². The van der Waals surface area contributed by atoms with Gasteiger partial charge in [-0.05, 0) is 50.6 Å². The van der Waals surface area contributed by atoms with Gasteiger partial charge >= 0.3 is 0 Å². The molecule has 0 N–H and O–H groups in total. The van der Waals surface area contributed by atoms with Crippen LogP contribution in [0.25, 0.3) is 11.4 Å². The summed E-state index contributed by atoms with van der Waals surface area (Å²) in [4.78, 5) is 0.252. The number of unbranched alkanes of at least 4 members (excludes halogenated alkanes) is 1. The van der Waals surface area contributed by atoms with E-state index in [-0.39, 0.29) is 10.9 Å². The average Bonchev–Trinajstić information content (AvgIpc) is 3.20. The SMILES string of the molecule is CCCCN(c1ccc(Cl)cc1-c1nncn1C(C)C)S(=O)(=O)c1ccccc1. The summed E-state index contributed by atoms with van der Waals surface area (Å²) in [7, 11) is -3.75. The molecule has 1 aromatic heterocycles. The lowest BCUT2D eigenvalue weighted by Gasteiger charge is -2.27. The molecule has 0 unspecified atom stereocenters. The lowest BCUT2D eigenvalue weighted by atomic mass is 10.1. The summed E-state index contributed by atoms with van der Waals surface area (Å²) in [5.74, 6) is 0.585. The predicted molar refractivity (Wildman–Crippen MR) is 117 cm³/mol. The third kappa shape index (κ3) is 4.46. The van der Waals surface area contributed by atoms with E-state index >= 15 is 0 Å². The van der Waals surface area contributed by atoms with Crippen molar-refractivity contribution in [2.24, 2.45) is 0 Å². The first-order valence-electron chi connectivity index (χ1n) is 9.63. The number of anilines is 1. The first-order chi connectivity index (χ1) is 13.9. The van der Waals surface area contributed by atoms with Gasteiger partial charge in [-0.2, -0.15) is 0 Å². The highest BCUT2D eigenvalue weighted by atomic mass is 35.5. The van der Waals surface area contributed by atoms with E-state index in [1.807, 2.05) is 25.3 Å². The van der Waals surface area contributed by atoms with Crippen molar-refractivity contribution in [3.63, 3.8) is 0 Å². The zero-order chi connectivity index (χ0) is 21.0. The number of benzene rings is 2. The van der Waals surface area contributed by atoms with Crippen LogP contribution in [0.15, 0.2) is 59.8 Å². The number of sulfonamides is 1. The number of hydrogen-bond donors (Lipinski definition) is 0. The smallest absolute Gasteiger partial charge is 0.264 e. The average molecular weight is 433 g/mol. The van der Waals surface area contributed by atoms with Crippen molar-refractivity contribution in [1.29, 1.82) is 0 Å². The molecule has 0 amide bonds. The Balaban J connectivity index is 2.21. The first kappa shape index (κ1) is 21.3. The summed E-state index contributed by atoms with van der Waals surface area (Å²) in [5, 5.41) is 8.80. The Hall–Kier alpha value is -2.38. The standard InChI is InChI=1S/C21H25ClN4O2S/c1-4-5-13-26(29(27,28)18-9-7-6-8-10-18)20-12-11-17(22)14-19(20)21-24-23-15-25(21)16(2)3/h6-12,14-16H,4-5,13H2,1-3H3. The molecule has 2 aromatic carbocycles. The zero-order valence-electron chi connectivity index (χ0n) is 16.8. The molecule has 0 aliphatic rings. The van der Waals surface area contributed by atoms with Gasteiger partial charge in [-0.3, -0.25) is 4.31 Å². The molecule has 0 saturated carbocycles. The zero-order valence-corrected chi connectivity index (χ0v) is 18.4. The molecule has 3 aromatic rings. The van der Waals surface area contributed by atoms with E-state index in [0.717, 1.165) is 12.8 Å². The van der Waals surface area contributed by atoms with Crippen LogP contribution >= 0.6 is 11.6 Å². The fraction of sp³-hybridized carbons (Fsp3) is 0.333. The van der Waals surface area contributed by atoms with Crippen molar-refractivity contribution < 1.29 is 8.42 Å². The number of nitrogens with zero attached hydrogens (tertiary/aromatic N) is 4. The minimum Gasteiger partial charge on any atom is -0.311 e. The molecule has 1 heterocycles. The summed E-state index contributed by atoms with van der Waals surface area (Å²) in [6, 6.07) is 13.8. The van der Waals surface area contributed by atoms with E-state index in [1.165, 1.54) is 4.31 Å². The van der Waals surface area contributed by atoms with Gasteiger partial charge in [0.05, 0.1) is 10.6 Å². The number of rotatable bonds is 8. The maximum Gasteiger partial charge on any atom is 0.264 e. The summed E-state index contributed by atoms with van der Waals surface area (Å²) in [5.41, 5.74) is 1.18. The monoisotopic (exact) mass is 432 g/mol. The lowest BCUT2D eigenvalue weighted by molar-refractivity contribution is 0.588. The van der Waals surface area contributed by atoms with Crippen molar-refractivity contribution in [3.8, 4) is 11.4 Å². The molecule has 154 valence electrons. The van der Waals surface area contributed by atoms with Crippen LogP contribution in [0.2, 0.25) is 5.02 Å². The van der Waals surface area contributed by atoms with E-state index in [0.29, 0.717) is 28.6 Å². The first-order valence-corrected chi connectivity index (χ1v) is 11.4. The van der Waals surface area contributed by atoms with Gasteiger partial charge in [0, 0.05) is 23.2 Å². The lowest BCUT2D eigenvalue weighted by Crippen LogP contribution is -2.32. The number of halogens is 1. The van der Waals surface area contributed by atoms with Gasteiger partial charge in [0.15, 0.2) is 5.82 Å². The van der Waals surface area contributed by atoms with Crippen molar-refractivity contribution >= 4 is 27.3 Å². The largest absolute Gasteiger partial charge is 0.311 e. The molecule has 0 aliphatic heterocycles. The molecule has 0 bridgehead atoms. The van der Waals surface area contributed by atoms with Crippen LogP contribution in [0.1, 0.15) is 39.7 Å². The minimum absolute atomic E-state index is 0.113. The van der Waals surface area contributed by atoms with Crippen LogP contribution in [-0.2, 0) is 10.0 Å². The fourth-order valence-electron chi connectivity index (χ4n) is 3.11. The normalized spacial score (nSPS) is 11.8. The van der Waals surface area contributed by atoms with E-state index in [4.69, 9.17) is 11.6 Å². The van der Waals surface area contributed by atoms with Crippen LogP contribution in [0, 0.1) is 0 Å². The molecule has 0 fully saturated rings. The maximum absolute atomic E-state index is 13.5. The number of hydrogen-bond acceptors (Lipinski definition) is 4. The summed E-state index contributed by atoms with van der Waals surface area (Å²) in [6.45, 7) is 6.43. The number of aromatic nitrogens is 3. The molecule has 8 heteroatoms. The van der Waals surface area contributed by atoms with E-state index in [9.17, 15) is 8.42 Å². The summed E-state index contributed by atoms with van der Waals surface area (Å²) < 4.78 is 30.4. The van der Waals surface area contributed by atoms with E-state index < -0.39 is 10.0 Å². The molecule has 0 radical (unpaired) electrons. The van der Waals surface area contributed by atoms with Crippen molar-refractivity contribution in [1.82, 2.24) is 14.8 Å². The third-order valence-electron chi connectivity index (χ3n) is 4.64. The Bertz CT molecular complexity index is 1070. The second kappa shape index (κ2) is 8.97. The molecular weight excluding hydrogens is 408 g/mol. The Kier molecular flexibility index (Phi) is 6.59. The predicted octanol–water partition coefficient (Wildman–Crippen LogP) is 5.17. The molecule has 0 atom stereocenters. The van der Waals surface area contributed by atoms with Gasteiger partial charge in [0.1, 0.15) is 6.33 Å². The Morgan fingerprint density at radius 1 is 1.14 bits per heavy atom. The molecule has 0 aliphatic carbocycles. The molecule has 6 nitrogen and oxygen atoms in total.